The second-order valence-electron chi connectivity index (χ2n) is 5.86. The van der Waals surface area contributed by atoms with Gasteiger partial charge in [0.15, 0.2) is 0 Å². The highest BCUT2D eigenvalue weighted by Crippen LogP contribution is 2.06. The Hall–Kier alpha value is -2.20. The predicted octanol–water partition coefficient (Wildman–Crippen LogP) is 1.28. The molecule has 114 valence electrons. The molecule has 0 atom stereocenters. The Balaban J connectivity index is 1.53. The van der Waals surface area contributed by atoms with E-state index in [1.54, 1.807) is 4.90 Å². The number of rotatable bonds is 4. The number of piperazine rings is 1. The fourth-order valence-electron chi connectivity index (χ4n) is 2.93. The number of nitrogens with zero attached hydrogens (tertiary/aromatic N) is 3. The van der Waals surface area contributed by atoms with Crippen molar-refractivity contribution in [2.24, 2.45) is 0 Å². The summed E-state index contributed by atoms with van der Waals surface area (Å²) in [5.74, 6) is 0.859. The predicted molar refractivity (Wildman–Crippen MR) is 89.9 cm³/mol. The van der Waals surface area contributed by atoms with E-state index in [0.29, 0.717) is 0 Å². The van der Waals surface area contributed by atoms with Crippen LogP contribution in [0.3, 0.4) is 0 Å². The van der Waals surface area contributed by atoms with E-state index in [2.05, 4.69) is 58.2 Å². The van der Waals surface area contributed by atoms with Crippen molar-refractivity contribution < 1.29 is 4.90 Å². The van der Waals surface area contributed by atoms with Gasteiger partial charge < -0.3 is 9.80 Å². The molecule has 0 saturated carbocycles. The first-order chi connectivity index (χ1) is 10.8. The molecule has 1 aliphatic heterocycles. The van der Waals surface area contributed by atoms with Gasteiger partial charge >= 0.3 is 0 Å². The van der Waals surface area contributed by atoms with Gasteiger partial charge in [0.2, 0.25) is 5.95 Å². The average molecular weight is 295 g/mol. The number of hydrogen-bond acceptors (Lipinski definition) is 3. The van der Waals surface area contributed by atoms with E-state index in [0.717, 1.165) is 38.7 Å². The lowest BCUT2D eigenvalue weighted by molar-refractivity contribution is -0.895. The van der Waals surface area contributed by atoms with Crippen molar-refractivity contribution in [1.82, 2.24) is 9.97 Å². The van der Waals surface area contributed by atoms with Crippen LogP contribution in [-0.4, -0.2) is 42.7 Å². The molecule has 1 fully saturated rings. The summed E-state index contributed by atoms with van der Waals surface area (Å²) in [4.78, 5) is 12.6. The van der Waals surface area contributed by atoms with Crippen LogP contribution in [0.2, 0.25) is 0 Å². The fourth-order valence-corrected chi connectivity index (χ4v) is 2.93. The molecule has 1 N–H and O–H groups in total. The molecule has 2 aromatic rings. The van der Waals surface area contributed by atoms with Crippen LogP contribution >= 0.6 is 0 Å². The average Bonchev–Trinajstić information content (AvgIpc) is 2.57. The number of aromatic nitrogens is 2. The molecule has 1 aliphatic rings. The molecule has 4 nitrogen and oxygen atoms in total. The first-order valence-electron chi connectivity index (χ1n) is 7.89. The van der Waals surface area contributed by atoms with Gasteiger partial charge in [-0.25, -0.2) is 9.97 Å². The molecule has 0 aliphatic carbocycles. The first kappa shape index (κ1) is 14.7. The number of hydrogen-bond donors (Lipinski definition) is 1. The van der Waals surface area contributed by atoms with Gasteiger partial charge in [0.05, 0.1) is 32.7 Å². The van der Waals surface area contributed by atoms with Crippen LogP contribution in [-0.2, 0) is 0 Å². The monoisotopic (exact) mass is 295 g/mol. The van der Waals surface area contributed by atoms with Gasteiger partial charge in [-0.15, -0.1) is 0 Å². The van der Waals surface area contributed by atoms with Crippen LogP contribution in [0, 0.1) is 0 Å². The van der Waals surface area contributed by atoms with Crippen molar-refractivity contribution in [3.05, 3.63) is 59.9 Å². The third kappa shape index (κ3) is 3.92. The summed E-state index contributed by atoms with van der Waals surface area (Å²) in [6.45, 7) is 7.66. The molecular formula is C18H23N4+. The standard InChI is InChI=1S/C18H22N4/c1-16(14-17-6-3-2-4-7-17)15-21-10-12-22(13-11-21)18-19-8-5-9-20-18/h2-9,14H,10-13,15H2,1H3/p+1/b16-14+. The smallest absolute Gasteiger partial charge is 0.225 e. The molecular weight excluding hydrogens is 272 g/mol. The molecule has 0 spiro atoms. The highest BCUT2D eigenvalue weighted by atomic mass is 15.3. The van der Waals surface area contributed by atoms with Crippen LogP contribution in [0.4, 0.5) is 5.95 Å². The lowest BCUT2D eigenvalue weighted by Crippen LogP contribution is -3.15. The van der Waals surface area contributed by atoms with E-state index in [1.165, 1.54) is 11.1 Å². The summed E-state index contributed by atoms with van der Waals surface area (Å²) < 4.78 is 0. The van der Waals surface area contributed by atoms with Crippen molar-refractivity contribution >= 4 is 12.0 Å². The number of anilines is 1. The maximum atomic E-state index is 4.34. The maximum Gasteiger partial charge on any atom is 0.225 e. The highest BCUT2D eigenvalue weighted by molar-refractivity contribution is 5.52. The Bertz CT molecular complexity index is 601. The number of quaternary nitrogens is 1. The van der Waals surface area contributed by atoms with Crippen molar-refractivity contribution in [1.29, 1.82) is 0 Å². The molecule has 0 unspecified atom stereocenters. The summed E-state index contributed by atoms with van der Waals surface area (Å²) in [6.07, 6.45) is 5.92. The minimum Gasteiger partial charge on any atom is -0.330 e. The van der Waals surface area contributed by atoms with Crippen molar-refractivity contribution in [2.75, 3.05) is 37.6 Å². The van der Waals surface area contributed by atoms with E-state index >= 15 is 0 Å². The molecule has 1 saturated heterocycles. The van der Waals surface area contributed by atoms with Crippen LogP contribution in [0.5, 0.6) is 0 Å². The maximum absolute atomic E-state index is 4.34. The van der Waals surface area contributed by atoms with Gasteiger partial charge in [-0.1, -0.05) is 36.4 Å². The van der Waals surface area contributed by atoms with Gasteiger partial charge in [0.25, 0.3) is 0 Å². The molecule has 0 bridgehead atoms. The van der Waals surface area contributed by atoms with Crippen LogP contribution in [0.25, 0.3) is 6.08 Å². The fraction of sp³-hybridized carbons (Fsp3) is 0.333. The van der Waals surface area contributed by atoms with E-state index in [4.69, 9.17) is 0 Å². The Kier molecular flexibility index (Phi) is 4.81. The minimum absolute atomic E-state index is 0.859. The van der Waals surface area contributed by atoms with Gasteiger partial charge in [0, 0.05) is 12.4 Å². The second kappa shape index (κ2) is 7.18. The highest BCUT2D eigenvalue weighted by Gasteiger charge is 2.21. The van der Waals surface area contributed by atoms with Crippen molar-refractivity contribution in [2.45, 2.75) is 6.92 Å². The van der Waals surface area contributed by atoms with Crippen LogP contribution < -0.4 is 9.80 Å². The third-order valence-electron chi connectivity index (χ3n) is 4.05. The number of nitrogens with one attached hydrogen (secondary N) is 1. The Morgan fingerprint density at radius 2 is 1.77 bits per heavy atom. The molecule has 2 heterocycles. The molecule has 4 heteroatoms. The lowest BCUT2D eigenvalue weighted by Gasteiger charge is -2.32. The molecule has 1 aromatic carbocycles. The van der Waals surface area contributed by atoms with E-state index in [-0.39, 0.29) is 0 Å². The zero-order valence-corrected chi connectivity index (χ0v) is 13.1. The van der Waals surface area contributed by atoms with E-state index in [1.807, 2.05) is 18.5 Å². The summed E-state index contributed by atoms with van der Waals surface area (Å²) in [5, 5.41) is 0. The zero-order chi connectivity index (χ0) is 15.2. The lowest BCUT2D eigenvalue weighted by atomic mass is 10.1. The summed E-state index contributed by atoms with van der Waals surface area (Å²) in [5.41, 5.74) is 2.72. The van der Waals surface area contributed by atoms with Gasteiger partial charge in [-0.2, -0.15) is 0 Å². The normalized spacial score (nSPS) is 16.8. The van der Waals surface area contributed by atoms with Crippen molar-refractivity contribution in [3.63, 3.8) is 0 Å². The topological polar surface area (TPSA) is 33.5 Å². The Morgan fingerprint density at radius 3 is 2.45 bits per heavy atom. The summed E-state index contributed by atoms with van der Waals surface area (Å²) >= 11 is 0. The quantitative estimate of drug-likeness (QED) is 0.923. The summed E-state index contributed by atoms with van der Waals surface area (Å²) in [7, 11) is 0. The molecule has 0 radical (unpaired) electrons. The molecule has 3 rings (SSSR count). The molecule has 1 aromatic heterocycles. The first-order valence-corrected chi connectivity index (χ1v) is 7.89. The third-order valence-corrected chi connectivity index (χ3v) is 4.05. The largest absolute Gasteiger partial charge is 0.330 e. The minimum atomic E-state index is 0.859. The van der Waals surface area contributed by atoms with E-state index < -0.39 is 0 Å². The Labute approximate surface area is 132 Å². The van der Waals surface area contributed by atoms with E-state index in [9.17, 15) is 0 Å². The number of benzene rings is 1. The van der Waals surface area contributed by atoms with Crippen LogP contribution in [0.15, 0.2) is 54.4 Å². The second-order valence-corrected chi connectivity index (χ2v) is 5.86. The Morgan fingerprint density at radius 1 is 1.09 bits per heavy atom. The van der Waals surface area contributed by atoms with Crippen LogP contribution in [0.1, 0.15) is 12.5 Å². The zero-order valence-electron chi connectivity index (χ0n) is 13.1. The summed E-state index contributed by atoms with van der Waals surface area (Å²) in [6, 6.07) is 12.4. The van der Waals surface area contributed by atoms with Gasteiger partial charge in [-0.05, 0) is 24.1 Å². The molecule has 22 heavy (non-hydrogen) atoms. The molecule has 0 amide bonds. The van der Waals surface area contributed by atoms with Crippen molar-refractivity contribution in [3.8, 4) is 0 Å². The van der Waals surface area contributed by atoms with Gasteiger partial charge in [-0.3, -0.25) is 0 Å². The SMILES string of the molecule is C/C(=C\c1ccccc1)C[NH+]1CCN(c2ncccn2)CC1. The van der Waals surface area contributed by atoms with Gasteiger partial charge in [0.1, 0.15) is 0 Å².